The van der Waals surface area contributed by atoms with Crippen LogP contribution in [-0.4, -0.2) is 47.7 Å². The van der Waals surface area contributed by atoms with Gasteiger partial charge in [0.1, 0.15) is 5.75 Å². The molecule has 0 spiro atoms. The van der Waals surface area contributed by atoms with Gasteiger partial charge in [-0.25, -0.2) is 0 Å². The highest BCUT2D eigenvalue weighted by atomic mass is 16.5. The average molecular weight is 278 g/mol. The van der Waals surface area contributed by atoms with E-state index in [0.29, 0.717) is 32.5 Å². The third kappa shape index (κ3) is 4.49. The molecular formula is C15H22N2O3. The van der Waals surface area contributed by atoms with E-state index in [1.165, 1.54) is 0 Å². The topological polar surface area (TPSA) is 51.7 Å². The normalized spacial score (nSPS) is 22.6. The molecule has 1 saturated heterocycles. The van der Waals surface area contributed by atoms with Crippen LogP contribution in [0, 0.1) is 0 Å². The van der Waals surface area contributed by atoms with Gasteiger partial charge in [-0.05, 0) is 32.4 Å². The zero-order valence-corrected chi connectivity index (χ0v) is 12.1. The van der Waals surface area contributed by atoms with E-state index in [9.17, 15) is 4.79 Å². The van der Waals surface area contributed by atoms with Crippen molar-refractivity contribution >= 4 is 5.91 Å². The number of nitrogens with zero attached hydrogens (tertiary/aromatic N) is 2. The number of morpholine rings is 1. The highest BCUT2D eigenvalue weighted by molar-refractivity contribution is 5.76. The standard InChI is InChI=1S/C15H22N2O3/c1-12-10-17(11-13(2)20-12)15(18)6-4-8-19-14-5-3-7-16-9-14/h3,5,7,9,12-13H,4,6,8,10-11H2,1-2H3. The number of hydrogen-bond donors (Lipinski definition) is 0. The lowest BCUT2D eigenvalue weighted by atomic mass is 10.2. The van der Waals surface area contributed by atoms with Crippen molar-refractivity contribution in [2.45, 2.75) is 38.9 Å². The second kappa shape index (κ2) is 7.24. The first kappa shape index (κ1) is 14.8. The molecule has 1 amide bonds. The molecule has 2 atom stereocenters. The van der Waals surface area contributed by atoms with Crippen molar-refractivity contribution in [3.8, 4) is 5.75 Å². The molecule has 0 bridgehead atoms. The first-order valence-corrected chi connectivity index (χ1v) is 7.11. The predicted molar refractivity (Wildman–Crippen MR) is 75.6 cm³/mol. The van der Waals surface area contributed by atoms with E-state index in [0.717, 1.165) is 5.75 Å². The predicted octanol–water partition coefficient (Wildman–Crippen LogP) is 1.88. The molecule has 2 heterocycles. The van der Waals surface area contributed by atoms with Gasteiger partial charge in [0.05, 0.1) is 25.0 Å². The summed E-state index contributed by atoms with van der Waals surface area (Å²) in [5.41, 5.74) is 0. The molecule has 1 aliphatic heterocycles. The van der Waals surface area contributed by atoms with Gasteiger partial charge in [0.25, 0.3) is 0 Å². The van der Waals surface area contributed by atoms with E-state index in [1.807, 2.05) is 30.9 Å². The molecule has 2 rings (SSSR count). The minimum atomic E-state index is 0.120. The van der Waals surface area contributed by atoms with Crippen molar-refractivity contribution in [2.75, 3.05) is 19.7 Å². The van der Waals surface area contributed by atoms with Crippen LogP contribution in [0.3, 0.4) is 0 Å². The monoisotopic (exact) mass is 278 g/mol. The Morgan fingerprint density at radius 1 is 1.45 bits per heavy atom. The summed E-state index contributed by atoms with van der Waals surface area (Å²) in [6.45, 7) is 5.91. The molecule has 1 aliphatic rings. The zero-order valence-electron chi connectivity index (χ0n) is 12.1. The fourth-order valence-electron chi connectivity index (χ4n) is 2.39. The number of hydrogen-bond acceptors (Lipinski definition) is 4. The van der Waals surface area contributed by atoms with E-state index in [1.54, 1.807) is 12.4 Å². The first-order chi connectivity index (χ1) is 9.65. The summed E-state index contributed by atoms with van der Waals surface area (Å²) >= 11 is 0. The highest BCUT2D eigenvalue weighted by Crippen LogP contribution is 2.13. The molecule has 0 radical (unpaired) electrons. The average Bonchev–Trinajstić information content (AvgIpc) is 2.43. The Hall–Kier alpha value is -1.62. The van der Waals surface area contributed by atoms with Gasteiger partial charge in [-0.1, -0.05) is 0 Å². The Bertz CT molecular complexity index is 414. The Labute approximate surface area is 119 Å². The number of aromatic nitrogens is 1. The van der Waals surface area contributed by atoms with Crippen molar-refractivity contribution in [2.24, 2.45) is 0 Å². The quantitative estimate of drug-likeness (QED) is 0.772. The van der Waals surface area contributed by atoms with Gasteiger partial charge in [0.15, 0.2) is 0 Å². The first-order valence-electron chi connectivity index (χ1n) is 7.11. The third-order valence-electron chi connectivity index (χ3n) is 3.21. The molecule has 2 unspecified atom stereocenters. The lowest BCUT2D eigenvalue weighted by Gasteiger charge is -2.35. The van der Waals surface area contributed by atoms with E-state index >= 15 is 0 Å². The molecule has 1 aromatic rings. The Morgan fingerprint density at radius 3 is 2.85 bits per heavy atom. The molecular weight excluding hydrogens is 256 g/mol. The summed E-state index contributed by atoms with van der Waals surface area (Å²) in [4.78, 5) is 18.0. The van der Waals surface area contributed by atoms with Crippen LogP contribution in [-0.2, 0) is 9.53 Å². The van der Waals surface area contributed by atoms with Crippen molar-refractivity contribution in [1.29, 1.82) is 0 Å². The molecule has 1 aromatic heterocycles. The largest absolute Gasteiger partial charge is 0.492 e. The van der Waals surface area contributed by atoms with Gasteiger partial charge in [-0.2, -0.15) is 0 Å². The summed E-state index contributed by atoms with van der Waals surface area (Å²) in [5.74, 6) is 0.926. The minimum Gasteiger partial charge on any atom is -0.492 e. The lowest BCUT2D eigenvalue weighted by Crippen LogP contribution is -2.48. The fourth-order valence-corrected chi connectivity index (χ4v) is 2.39. The van der Waals surface area contributed by atoms with E-state index in [2.05, 4.69) is 4.98 Å². The van der Waals surface area contributed by atoms with Gasteiger partial charge in [-0.3, -0.25) is 9.78 Å². The van der Waals surface area contributed by atoms with Gasteiger partial charge >= 0.3 is 0 Å². The van der Waals surface area contributed by atoms with Crippen molar-refractivity contribution in [3.63, 3.8) is 0 Å². The number of carbonyl (C=O) groups is 1. The molecule has 5 heteroatoms. The number of ether oxygens (including phenoxy) is 2. The Morgan fingerprint density at radius 2 is 2.20 bits per heavy atom. The Balaban J connectivity index is 1.67. The van der Waals surface area contributed by atoms with Crippen LogP contribution >= 0.6 is 0 Å². The number of pyridine rings is 1. The summed E-state index contributed by atoms with van der Waals surface area (Å²) < 4.78 is 11.2. The third-order valence-corrected chi connectivity index (χ3v) is 3.21. The molecule has 0 N–H and O–H groups in total. The second-order valence-corrected chi connectivity index (χ2v) is 5.20. The maximum absolute atomic E-state index is 12.1. The SMILES string of the molecule is CC1CN(C(=O)CCCOc2cccnc2)CC(C)O1. The van der Waals surface area contributed by atoms with Crippen LogP contribution in [0.5, 0.6) is 5.75 Å². The van der Waals surface area contributed by atoms with Crippen LogP contribution in [0.4, 0.5) is 0 Å². The minimum absolute atomic E-state index is 0.120. The van der Waals surface area contributed by atoms with Crippen LogP contribution in [0.15, 0.2) is 24.5 Å². The number of amides is 1. The van der Waals surface area contributed by atoms with Crippen LogP contribution in [0.1, 0.15) is 26.7 Å². The van der Waals surface area contributed by atoms with Crippen LogP contribution in [0.25, 0.3) is 0 Å². The van der Waals surface area contributed by atoms with Gasteiger partial charge in [0, 0.05) is 25.7 Å². The molecule has 5 nitrogen and oxygen atoms in total. The molecule has 20 heavy (non-hydrogen) atoms. The summed E-state index contributed by atoms with van der Waals surface area (Å²) in [7, 11) is 0. The highest BCUT2D eigenvalue weighted by Gasteiger charge is 2.25. The Kier molecular flexibility index (Phi) is 5.35. The molecule has 110 valence electrons. The van der Waals surface area contributed by atoms with E-state index in [-0.39, 0.29) is 18.1 Å². The summed E-state index contributed by atoms with van der Waals surface area (Å²) in [6, 6.07) is 3.69. The smallest absolute Gasteiger partial charge is 0.222 e. The molecule has 0 saturated carbocycles. The number of carbonyl (C=O) groups excluding carboxylic acids is 1. The van der Waals surface area contributed by atoms with Gasteiger partial charge < -0.3 is 14.4 Å². The molecule has 0 aliphatic carbocycles. The fraction of sp³-hybridized carbons (Fsp3) is 0.600. The second-order valence-electron chi connectivity index (χ2n) is 5.20. The van der Waals surface area contributed by atoms with Crippen molar-refractivity contribution in [3.05, 3.63) is 24.5 Å². The van der Waals surface area contributed by atoms with Gasteiger partial charge in [0.2, 0.25) is 5.91 Å². The van der Waals surface area contributed by atoms with Crippen LogP contribution < -0.4 is 4.74 Å². The maximum atomic E-state index is 12.1. The van der Waals surface area contributed by atoms with E-state index in [4.69, 9.17) is 9.47 Å². The maximum Gasteiger partial charge on any atom is 0.222 e. The number of rotatable bonds is 5. The van der Waals surface area contributed by atoms with Crippen LogP contribution in [0.2, 0.25) is 0 Å². The van der Waals surface area contributed by atoms with Crippen molar-refractivity contribution < 1.29 is 14.3 Å². The summed E-state index contributed by atoms with van der Waals surface area (Å²) in [5, 5.41) is 0. The molecule has 0 aromatic carbocycles. The van der Waals surface area contributed by atoms with Gasteiger partial charge in [-0.15, -0.1) is 0 Å². The zero-order chi connectivity index (χ0) is 14.4. The molecule has 1 fully saturated rings. The summed E-state index contributed by atoms with van der Waals surface area (Å²) in [6.07, 6.45) is 4.85. The lowest BCUT2D eigenvalue weighted by molar-refractivity contribution is -0.143. The van der Waals surface area contributed by atoms with Crippen molar-refractivity contribution in [1.82, 2.24) is 9.88 Å². The van der Waals surface area contributed by atoms with E-state index < -0.39 is 0 Å².